The van der Waals surface area contributed by atoms with Gasteiger partial charge in [0, 0.05) is 49.2 Å². The first-order valence-corrected chi connectivity index (χ1v) is 13.1. The molecule has 1 atom stereocenters. The van der Waals surface area contributed by atoms with Crippen molar-refractivity contribution < 1.29 is 4.79 Å². The third-order valence-electron chi connectivity index (χ3n) is 7.10. The predicted molar refractivity (Wildman–Crippen MR) is 149 cm³/mol. The summed E-state index contributed by atoms with van der Waals surface area (Å²) in [7, 11) is 0. The number of hydrogen-bond acceptors (Lipinski definition) is 4. The number of benzene rings is 3. The number of nitrogens with one attached hydrogen (secondary N) is 1. The number of anilines is 1. The Labute approximate surface area is 219 Å². The minimum atomic E-state index is -0.198. The molecule has 4 aromatic rings. The van der Waals surface area contributed by atoms with Crippen LogP contribution >= 0.6 is 0 Å². The lowest BCUT2D eigenvalue weighted by Gasteiger charge is -2.34. The van der Waals surface area contributed by atoms with Crippen LogP contribution in [0.25, 0.3) is 11.3 Å². The molecular formula is C31H35N5O. The van der Waals surface area contributed by atoms with Gasteiger partial charge in [-0.3, -0.25) is 9.48 Å². The number of hydrogen-bond donors (Lipinski definition) is 2. The van der Waals surface area contributed by atoms with Gasteiger partial charge in [0.15, 0.2) is 0 Å². The minimum Gasteiger partial charge on any atom is -0.370 e. The van der Waals surface area contributed by atoms with Gasteiger partial charge in [0.05, 0.1) is 18.2 Å². The molecular weight excluding hydrogens is 458 g/mol. The molecule has 2 heterocycles. The summed E-state index contributed by atoms with van der Waals surface area (Å²) in [5.74, 6) is -0.279. The lowest BCUT2D eigenvalue weighted by molar-refractivity contribution is -0.122. The van der Waals surface area contributed by atoms with Crippen LogP contribution in [-0.4, -0.2) is 28.8 Å². The van der Waals surface area contributed by atoms with E-state index < -0.39 is 0 Å². The van der Waals surface area contributed by atoms with Crippen LogP contribution in [0.3, 0.4) is 0 Å². The van der Waals surface area contributed by atoms with E-state index >= 15 is 0 Å². The fraction of sp³-hybridized carbons (Fsp3) is 0.290. The summed E-state index contributed by atoms with van der Waals surface area (Å²) in [6.07, 6.45) is 4.02. The molecule has 1 fully saturated rings. The first-order chi connectivity index (χ1) is 18.1. The highest BCUT2D eigenvalue weighted by molar-refractivity contribution is 5.77. The van der Waals surface area contributed by atoms with Crippen molar-refractivity contribution in [2.45, 2.75) is 39.4 Å². The van der Waals surface area contributed by atoms with Crippen molar-refractivity contribution in [3.63, 3.8) is 0 Å². The molecule has 1 aliphatic heterocycles. The number of piperidine rings is 1. The summed E-state index contributed by atoms with van der Waals surface area (Å²) >= 11 is 0. The topological polar surface area (TPSA) is 76.2 Å². The van der Waals surface area contributed by atoms with E-state index in [0.717, 1.165) is 43.7 Å². The fourth-order valence-corrected chi connectivity index (χ4v) is 5.21. The highest BCUT2D eigenvalue weighted by Crippen LogP contribution is 2.27. The molecule has 1 saturated heterocycles. The van der Waals surface area contributed by atoms with E-state index in [2.05, 4.69) is 96.1 Å². The third-order valence-corrected chi connectivity index (χ3v) is 7.10. The van der Waals surface area contributed by atoms with Crippen molar-refractivity contribution in [2.75, 3.05) is 18.0 Å². The first-order valence-electron chi connectivity index (χ1n) is 13.1. The van der Waals surface area contributed by atoms with E-state index in [0.29, 0.717) is 13.1 Å². The van der Waals surface area contributed by atoms with Gasteiger partial charge < -0.3 is 16.0 Å². The number of carbonyl (C=O) groups is 1. The summed E-state index contributed by atoms with van der Waals surface area (Å²) in [4.78, 5) is 14.1. The van der Waals surface area contributed by atoms with Crippen LogP contribution in [0, 0.1) is 12.8 Å². The van der Waals surface area contributed by atoms with Gasteiger partial charge in [-0.25, -0.2) is 0 Å². The molecule has 190 valence electrons. The summed E-state index contributed by atoms with van der Waals surface area (Å²) in [5, 5.41) is 8.64. The van der Waals surface area contributed by atoms with Crippen molar-refractivity contribution >= 4 is 11.6 Å². The zero-order valence-corrected chi connectivity index (χ0v) is 21.4. The molecule has 0 radical (unpaired) electrons. The van der Waals surface area contributed by atoms with E-state index in [1.165, 1.54) is 27.9 Å². The molecule has 3 N–H and O–H groups in total. The number of rotatable bonds is 9. The SMILES string of the molecule is Cc1cccc(-c2nn(Cc3ccccc3)cc2CNCc2ccccc2N2CCCC(C(N)=O)C2)c1. The fourth-order valence-electron chi connectivity index (χ4n) is 5.21. The Morgan fingerprint density at radius 2 is 1.78 bits per heavy atom. The number of aryl methyl sites for hydroxylation is 1. The van der Waals surface area contributed by atoms with Crippen molar-refractivity contribution in [2.24, 2.45) is 11.7 Å². The largest absolute Gasteiger partial charge is 0.370 e. The van der Waals surface area contributed by atoms with Gasteiger partial charge in [0.1, 0.15) is 0 Å². The molecule has 6 heteroatoms. The number of carbonyl (C=O) groups excluding carboxylic acids is 1. The summed E-state index contributed by atoms with van der Waals surface area (Å²) < 4.78 is 2.04. The van der Waals surface area contributed by atoms with Gasteiger partial charge in [-0.05, 0) is 43.0 Å². The van der Waals surface area contributed by atoms with Crippen molar-refractivity contribution in [1.29, 1.82) is 0 Å². The maximum absolute atomic E-state index is 11.8. The third kappa shape index (κ3) is 6.09. The zero-order chi connectivity index (χ0) is 25.6. The monoisotopic (exact) mass is 493 g/mol. The summed E-state index contributed by atoms with van der Waals surface area (Å²) in [6.45, 7) is 5.92. The summed E-state index contributed by atoms with van der Waals surface area (Å²) in [5.41, 5.74) is 13.8. The van der Waals surface area contributed by atoms with E-state index in [-0.39, 0.29) is 11.8 Å². The Bertz CT molecular complexity index is 1350. The average molecular weight is 494 g/mol. The number of nitrogens with two attached hydrogens (primary N) is 1. The second kappa shape index (κ2) is 11.4. The maximum Gasteiger partial charge on any atom is 0.222 e. The number of nitrogens with zero attached hydrogens (tertiary/aromatic N) is 3. The molecule has 1 unspecified atom stereocenters. The first kappa shape index (κ1) is 24.8. The normalized spacial score (nSPS) is 15.6. The Morgan fingerprint density at radius 3 is 2.59 bits per heavy atom. The van der Waals surface area contributed by atoms with E-state index in [9.17, 15) is 4.79 Å². The Hall–Kier alpha value is -3.90. The van der Waals surface area contributed by atoms with Crippen molar-refractivity contribution in [3.05, 3.63) is 107 Å². The molecule has 1 aliphatic rings. The van der Waals surface area contributed by atoms with Crippen LogP contribution in [0.15, 0.2) is 85.1 Å². The van der Waals surface area contributed by atoms with E-state index in [1.54, 1.807) is 0 Å². The number of amides is 1. The van der Waals surface area contributed by atoms with Crippen molar-refractivity contribution in [1.82, 2.24) is 15.1 Å². The molecule has 37 heavy (non-hydrogen) atoms. The van der Waals surface area contributed by atoms with Crippen LogP contribution in [-0.2, 0) is 24.4 Å². The van der Waals surface area contributed by atoms with Crippen molar-refractivity contribution in [3.8, 4) is 11.3 Å². The summed E-state index contributed by atoms with van der Waals surface area (Å²) in [6, 6.07) is 27.4. The molecule has 0 aliphatic carbocycles. The van der Waals surface area contributed by atoms with Gasteiger partial charge in [-0.15, -0.1) is 0 Å². The molecule has 0 spiro atoms. The smallest absolute Gasteiger partial charge is 0.222 e. The average Bonchev–Trinajstić information content (AvgIpc) is 3.32. The molecule has 5 rings (SSSR count). The number of primary amides is 1. The Morgan fingerprint density at radius 1 is 1.00 bits per heavy atom. The highest BCUT2D eigenvalue weighted by Gasteiger charge is 2.25. The lowest BCUT2D eigenvalue weighted by Crippen LogP contribution is -2.41. The van der Waals surface area contributed by atoms with Gasteiger partial charge >= 0.3 is 0 Å². The van der Waals surface area contributed by atoms with E-state index in [1.807, 2.05) is 10.7 Å². The molecule has 1 aromatic heterocycles. The maximum atomic E-state index is 11.8. The van der Waals surface area contributed by atoms with Crippen LogP contribution < -0.4 is 16.0 Å². The molecule has 0 saturated carbocycles. The number of aromatic nitrogens is 2. The van der Waals surface area contributed by atoms with Gasteiger partial charge in [-0.1, -0.05) is 72.3 Å². The predicted octanol–water partition coefficient (Wildman–Crippen LogP) is 4.90. The molecule has 3 aromatic carbocycles. The van der Waals surface area contributed by atoms with Gasteiger partial charge in [0.2, 0.25) is 5.91 Å². The van der Waals surface area contributed by atoms with E-state index in [4.69, 9.17) is 10.8 Å². The molecule has 1 amide bonds. The minimum absolute atomic E-state index is 0.0814. The second-order valence-electron chi connectivity index (χ2n) is 9.98. The van der Waals surface area contributed by atoms with Crippen LogP contribution in [0.5, 0.6) is 0 Å². The Kier molecular flexibility index (Phi) is 7.66. The standard InChI is InChI=1S/C31H35N5O/c1-23-9-7-13-25(17-23)30-28(22-36(34-30)20-24-10-3-2-4-11-24)19-33-18-26-12-5-6-15-29(26)35-16-8-14-27(21-35)31(32)37/h2-7,9-13,15,17,22,27,33H,8,14,16,18-21H2,1H3,(H2,32,37). The second-order valence-corrected chi connectivity index (χ2v) is 9.98. The van der Waals surface area contributed by atoms with Crippen LogP contribution in [0.2, 0.25) is 0 Å². The lowest BCUT2D eigenvalue weighted by atomic mass is 9.96. The molecule has 0 bridgehead atoms. The Balaban J connectivity index is 1.33. The van der Waals surface area contributed by atoms with Crippen LogP contribution in [0.4, 0.5) is 5.69 Å². The van der Waals surface area contributed by atoms with Gasteiger partial charge in [-0.2, -0.15) is 5.10 Å². The quantitative estimate of drug-likeness (QED) is 0.348. The highest BCUT2D eigenvalue weighted by atomic mass is 16.1. The van der Waals surface area contributed by atoms with Gasteiger partial charge in [0.25, 0.3) is 0 Å². The molecule has 6 nitrogen and oxygen atoms in total. The number of para-hydroxylation sites is 1. The van der Waals surface area contributed by atoms with Crippen LogP contribution in [0.1, 0.15) is 35.1 Å². The zero-order valence-electron chi connectivity index (χ0n) is 21.4.